The molecule has 37 heavy (non-hydrogen) atoms. The Morgan fingerprint density at radius 2 is 1.89 bits per heavy atom. The summed E-state index contributed by atoms with van der Waals surface area (Å²) in [6, 6.07) is 13.0. The van der Waals surface area contributed by atoms with Crippen LogP contribution in [0.4, 0.5) is 0 Å². The lowest BCUT2D eigenvalue weighted by molar-refractivity contribution is 0.0527. The van der Waals surface area contributed by atoms with Crippen molar-refractivity contribution < 1.29 is 14.6 Å². The first-order valence-electron chi connectivity index (χ1n) is 13.7. The van der Waals surface area contributed by atoms with Crippen molar-refractivity contribution in [2.45, 2.75) is 76.0 Å². The van der Waals surface area contributed by atoms with Gasteiger partial charge >= 0.3 is 5.97 Å². The standard InChI is InChI=1S/C30H37BrN2O3S/c1-3-26(20-11-7-5-8-12-20)37-19-25-28(30(35)36-4-2)27-22(18-32-15-9-6-10-16-32)29(34)23(31)17-24(27)33(25)21-13-14-21/h5,7-8,11-12,17,21,26,34H,3-4,6,9-10,13-16,18-19H2,1-2H3. The van der Waals surface area contributed by atoms with Gasteiger partial charge in [0.2, 0.25) is 0 Å². The van der Waals surface area contributed by atoms with E-state index < -0.39 is 0 Å². The molecule has 1 saturated carbocycles. The van der Waals surface area contributed by atoms with Gasteiger partial charge in [0.25, 0.3) is 0 Å². The normalized spacial score (nSPS) is 17.3. The number of phenols is 1. The number of benzene rings is 2. The number of hydrogen-bond donors (Lipinski definition) is 1. The minimum Gasteiger partial charge on any atom is -0.506 e. The molecule has 3 aromatic rings. The number of esters is 1. The van der Waals surface area contributed by atoms with Gasteiger partial charge < -0.3 is 14.4 Å². The monoisotopic (exact) mass is 584 g/mol. The summed E-state index contributed by atoms with van der Waals surface area (Å²) in [7, 11) is 0. The second-order valence-corrected chi connectivity index (χ2v) is 12.2. The van der Waals surface area contributed by atoms with Crippen LogP contribution in [0, 0.1) is 0 Å². The first kappa shape index (κ1) is 26.6. The summed E-state index contributed by atoms with van der Waals surface area (Å²) in [5, 5.41) is 12.5. The van der Waals surface area contributed by atoms with E-state index in [0.29, 0.717) is 40.2 Å². The minimum atomic E-state index is -0.281. The Bertz CT molecular complexity index is 1250. The molecule has 2 fully saturated rings. The molecule has 0 bridgehead atoms. The van der Waals surface area contributed by atoms with Gasteiger partial charge in [-0.15, -0.1) is 11.8 Å². The number of carbonyl (C=O) groups excluding carboxylic acids is 1. The molecule has 7 heteroatoms. The Labute approximate surface area is 232 Å². The van der Waals surface area contributed by atoms with Gasteiger partial charge in [-0.1, -0.05) is 43.7 Å². The second kappa shape index (κ2) is 11.8. The van der Waals surface area contributed by atoms with Crippen LogP contribution >= 0.6 is 27.7 Å². The van der Waals surface area contributed by atoms with Gasteiger partial charge in [-0.2, -0.15) is 0 Å². The van der Waals surface area contributed by atoms with Crippen LogP contribution in [0.3, 0.4) is 0 Å². The molecule has 1 atom stereocenters. The molecule has 2 heterocycles. The number of aromatic hydroxyl groups is 1. The highest BCUT2D eigenvalue weighted by Crippen LogP contribution is 2.48. The highest BCUT2D eigenvalue weighted by Gasteiger charge is 2.35. The van der Waals surface area contributed by atoms with Crippen molar-refractivity contribution in [2.75, 3.05) is 19.7 Å². The van der Waals surface area contributed by atoms with E-state index in [2.05, 4.69) is 62.7 Å². The summed E-state index contributed by atoms with van der Waals surface area (Å²) in [5.41, 5.74) is 4.87. The largest absolute Gasteiger partial charge is 0.506 e. The first-order chi connectivity index (χ1) is 18.0. The summed E-state index contributed by atoms with van der Waals surface area (Å²) in [4.78, 5) is 16.0. The number of nitrogens with zero attached hydrogens (tertiary/aromatic N) is 2. The third kappa shape index (κ3) is 5.59. The number of piperidine rings is 1. The van der Waals surface area contributed by atoms with E-state index in [1.165, 1.54) is 24.8 Å². The maximum absolute atomic E-state index is 13.6. The number of aromatic nitrogens is 1. The van der Waals surface area contributed by atoms with E-state index in [1.807, 2.05) is 24.8 Å². The third-order valence-corrected chi connectivity index (χ3v) is 9.66. The molecule has 0 radical (unpaired) electrons. The van der Waals surface area contributed by atoms with Crippen molar-refractivity contribution in [1.82, 2.24) is 9.47 Å². The molecule has 1 aromatic heterocycles. The predicted octanol–water partition coefficient (Wildman–Crippen LogP) is 7.99. The second-order valence-electron chi connectivity index (χ2n) is 10.2. The number of thioether (sulfide) groups is 1. The van der Waals surface area contributed by atoms with E-state index in [4.69, 9.17) is 4.74 Å². The Morgan fingerprint density at radius 1 is 1.16 bits per heavy atom. The molecule has 1 saturated heterocycles. The number of likely N-dealkylation sites (tertiary alicyclic amines) is 1. The summed E-state index contributed by atoms with van der Waals surface area (Å²) in [6.45, 7) is 7.08. The quantitative estimate of drug-likeness (QED) is 0.245. The fourth-order valence-electron chi connectivity index (χ4n) is 5.66. The van der Waals surface area contributed by atoms with Crippen LogP contribution in [0.1, 0.15) is 90.8 Å². The van der Waals surface area contributed by atoms with Gasteiger partial charge in [0.05, 0.1) is 22.2 Å². The van der Waals surface area contributed by atoms with Crippen LogP contribution in [0.15, 0.2) is 40.9 Å². The highest BCUT2D eigenvalue weighted by atomic mass is 79.9. The zero-order valence-corrected chi connectivity index (χ0v) is 24.2. The summed E-state index contributed by atoms with van der Waals surface area (Å²) >= 11 is 5.53. The molecular weight excluding hydrogens is 548 g/mol. The number of carbonyl (C=O) groups is 1. The number of ether oxygens (including phenoxy) is 1. The molecule has 1 unspecified atom stereocenters. The average Bonchev–Trinajstić information content (AvgIpc) is 3.70. The maximum atomic E-state index is 13.6. The molecular formula is C30H37BrN2O3S. The topological polar surface area (TPSA) is 54.7 Å². The van der Waals surface area contributed by atoms with Gasteiger partial charge in [-0.05, 0) is 79.7 Å². The Hall–Kier alpha value is -1.96. The summed E-state index contributed by atoms with van der Waals surface area (Å²) in [6.07, 6.45) is 6.83. The maximum Gasteiger partial charge on any atom is 0.340 e. The van der Waals surface area contributed by atoms with Crippen molar-refractivity contribution in [2.24, 2.45) is 0 Å². The molecule has 0 amide bonds. The number of halogens is 1. The molecule has 1 aliphatic carbocycles. The zero-order valence-electron chi connectivity index (χ0n) is 21.8. The summed E-state index contributed by atoms with van der Waals surface area (Å²) in [5.74, 6) is 0.678. The van der Waals surface area contributed by atoms with Crippen LogP contribution in [0.2, 0.25) is 0 Å². The van der Waals surface area contributed by atoms with Crippen LogP contribution in [-0.4, -0.2) is 40.2 Å². The van der Waals surface area contributed by atoms with Crippen molar-refractivity contribution in [3.8, 4) is 5.75 Å². The molecule has 5 rings (SSSR count). The molecule has 198 valence electrons. The lowest BCUT2D eigenvalue weighted by atomic mass is 10.0. The van der Waals surface area contributed by atoms with E-state index in [1.54, 1.807) is 0 Å². The summed E-state index contributed by atoms with van der Waals surface area (Å²) < 4.78 is 8.73. The number of rotatable bonds is 10. The Morgan fingerprint density at radius 3 is 2.54 bits per heavy atom. The third-order valence-electron chi connectivity index (χ3n) is 7.61. The molecule has 1 aliphatic heterocycles. The molecule has 0 spiro atoms. The zero-order chi connectivity index (χ0) is 25.9. The first-order valence-corrected chi connectivity index (χ1v) is 15.5. The van der Waals surface area contributed by atoms with Gasteiger partial charge in [0.1, 0.15) is 5.75 Å². The van der Waals surface area contributed by atoms with Gasteiger partial charge in [0.15, 0.2) is 0 Å². The molecule has 2 aliphatic rings. The number of phenolic OH excluding ortho intramolecular Hbond substituents is 1. The predicted molar refractivity (Wildman–Crippen MR) is 155 cm³/mol. The molecule has 2 aromatic carbocycles. The van der Waals surface area contributed by atoms with Crippen LogP contribution < -0.4 is 0 Å². The van der Waals surface area contributed by atoms with Crippen molar-refractivity contribution in [3.63, 3.8) is 0 Å². The minimum absolute atomic E-state index is 0.242. The van der Waals surface area contributed by atoms with Gasteiger partial charge in [-0.3, -0.25) is 4.90 Å². The van der Waals surface area contributed by atoms with Crippen LogP contribution in [0.25, 0.3) is 10.9 Å². The Kier molecular flexibility index (Phi) is 8.52. The fourth-order valence-corrected chi connectivity index (χ4v) is 7.35. The van der Waals surface area contributed by atoms with E-state index in [9.17, 15) is 9.90 Å². The SMILES string of the molecule is CCOC(=O)c1c(CSC(CC)c2ccccc2)n(C2CC2)c2cc(Br)c(O)c(CN3CCCCC3)c12. The fraction of sp³-hybridized carbons (Fsp3) is 0.500. The molecule has 5 nitrogen and oxygen atoms in total. The van der Waals surface area contributed by atoms with Crippen molar-refractivity contribution in [3.05, 3.63) is 63.3 Å². The van der Waals surface area contributed by atoms with Crippen molar-refractivity contribution in [1.29, 1.82) is 0 Å². The average molecular weight is 586 g/mol. The van der Waals surface area contributed by atoms with Crippen LogP contribution in [0.5, 0.6) is 5.75 Å². The lowest BCUT2D eigenvalue weighted by Gasteiger charge is -2.27. The number of hydrogen-bond acceptors (Lipinski definition) is 5. The van der Waals surface area contributed by atoms with E-state index in [-0.39, 0.29) is 11.7 Å². The molecule has 1 N–H and O–H groups in total. The number of fused-ring (bicyclic) bond motifs is 1. The highest BCUT2D eigenvalue weighted by molar-refractivity contribution is 9.10. The lowest BCUT2D eigenvalue weighted by Crippen LogP contribution is -2.29. The smallest absolute Gasteiger partial charge is 0.340 e. The van der Waals surface area contributed by atoms with E-state index >= 15 is 0 Å². The van der Waals surface area contributed by atoms with Gasteiger partial charge in [0, 0.05) is 40.2 Å². The van der Waals surface area contributed by atoms with Gasteiger partial charge in [-0.25, -0.2) is 4.79 Å². The Balaban J connectivity index is 1.64. The van der Waals surface area contributed by atoms with Crippen molar-refractivity contribution >= 4 is 44.6 Å². The van der Waals surface area contributed by atoms with E-state index in [0.717, 1.165) is 54.5 Å². The van der Waals surface area contributed by atoms with Crippen LogP contribution in [-0.2, 0) is 17.0 Å².